The summed E-state index contributed by atoms with van der Waals surface area (Å²) >= 11 is 0. The number of rotatable bonds is 7. The molecule has 2 aromatic carbocycles. The van der Waals surface area contributed by atoms with Gasteiger partial charge in [-0.1, -0.05) is 19.1 Å². The summed E-state index contributed by atoms with van der Waals surface area (Å²) in [4.78, 5) is 24.1. The lowest BCUT2D eigenvalue weighted by Crippen LogP contribution is -2.28. The molecule has 0 fully saturated rings. The number of benzene rings is 2. The summed E-state index contributed by atoms with van der Waals surface area (Å²) < 4.78 is 56.6. The van der Waals surface area contributed by atoms with Crippen molar-refractivity contribution in [3.63, 3.8) is 0 Å². The van der Waals surface area contributed by atoms with Crippen LogP contribution in [-0.4, -0.2) is 26.8 Å². The van der Waals surface area contributed by atoms with Gasteiger partial charge in [0.05, 0.1) is 22.9 Å². The Morgan fingerprint density at radius 3 is 2.33 bits per heavy atom. The summed E-state index contributed by atoms with van der Waals surface area (Å²) in [7, 11) is 1.33. The van der Waals surface area contributed by atoms with Gasteiger partial charge in [-0.05, 0) is 48.7 Å². The van der Waals surface area contributed by atoms with Gasteiger partial charge in [0, 0.05) is 12.6 Å². The molecule has 2 N–H and O–H groups in total. The van der Waals surface area contributed by atoms with E-state index in [2.05, 4.69) is 10.4 Å². The Morgan fingerprint density at radius 1 is 1.15 bits per heavy atom. The topological polar surface area (TPSA) is 84.2 Å². The molecule has 3 aromatic rings. The number of aromatic carboxylic acids is 1. The number of alkyl halides is 2. The Labute approximate surface area is 186 Å². The van der Waals surface area contributed by atoms with E-state index in [1.54, 1.807) is 13.8 Å². The highest BCUT2D eigenvalue weighted by atomic mass is 19.3. The number of nitrogens with zero attached hydrogens (tertiary/aromatic N) is 2. The molecule has 1 aromatic heterocycles. The molecule has 1 heterocycles. The maximum absolute atomic E-state index is 14.2. The number of carboxylic acid groups (broad SMARTS) is 1. The number of amides is 1. The van der Waals surface area contributed by atoms with Crippen LogP contribution in [0.25, 0.3) is 11.3 Å². The Morgan fingerprint density at radius 2 is 1.79 bits per heavy atom. The number of hydrogen-bond donors (Lipinski definition) is 2. The first-order chi connectivity index (χ1) is 15.5. The van der Waals surface area contributed by atoms with Gasteiger partial charge in [-0.3, -0.25) is 9.48 Å². The highest BCUT2D eigenvalue weighted by molar-refractivity contribution is 6.01. The van der Waals surface area contributed by atoms with Crippen molar-refractivity contribution < 1.29 is 32.3 Å². The van der Waals surface area contributed by atoms with Gasteiger partial charge in [-0.2, -0.15) is 5.10 Å². The lowest BCUT2D eigenvalue weighted by Gasteiger charge is -2.16. The zero-order valence-electron chi connectivity index (χ0n) is 18.0. The van der Waals surface area contributed by atoms with Crippen molar-refractivity contribution in [2.45, 2.75) is 32.7 Å². The smallest absolute Gasteiger partial charge is 0.335 e. The fourth-order valence-electron chi connectivity index (χ4n) is 3.56. The SMILES string of the molecule is CCc1cc(-c2c(C(=O)NC(C)c3ccc(C(=O)O)cc3)c(C(F)F)nn2C)cc(F)c1F. The summed E-state index contributed by atoms with van der Waals surface area (Å²) in [5.41, 5.74) is -0.657. The van der Waals surface area contributed by atoms with Crippen molar-refractivity contribution in [2.24, 2.45) is 7.05 Å². The third-order valence-corrected chi connectivity index (χ3v) is 5.27. The molecule has 1 amide bonds. The predicted molar refractivity (Wildman–Crippen MR) is 112 cm³/mol. The van der Waals surface area contributed by atoms with Crippen LogP contribution in [0.4, 0.5) is 17.6 Å². The Kier molecular flexibility index (Phi) is 6.85. The van der Waals surface area contributed by atoms with Crippen LogP contribution in [0.5, 0.6) is 0 Å². The normalized spacial score (nSPS) is 12.1. The van der Waals surface area contributed by atoms with E-state index in [0.717, 1.165) is 10.7 Å². The molecule has 0 spiro atoms. The quantitative estimate of drug-likeness (QED) is 0.480. The lowest BCUT2D eigenvalue weighted by molar-refractivity contribution is 0.0696. The molecule has 0 aliphatic carbocycles. The second kappa shape index (κ2) is 9.43. The minimum Gasteiger partial charge on any atom is -0.478 e. The third-order valence-electron chi connectivity index (χ3n) is 5.27. The molecule has 0 radical (unpaired) electrons. The average molecular weight is 463 g/mol. The fourth-order valence-corrected chi connectivity index (χ4v) is 3.56. The van der Waals surface area contributed by atoms with Gasteiger partial charge < -0.3 is 10.4 Å². The van der Waals surface area contributed by atoms with Gasteiger partial charge in [0.25, 0.3) is 12.3 Å². The summed E-state index contributed by atoms with van der Waals surface area (Å²) in [6.07, 6.45) is -2.94. The number of carbonyl (C=O) groups is 2. The van der Waals surface area contributed by atoms with Crippen molar-refractivity contribution in [3.8, 4) is 11.3 Å². The number of hydrogen-bond acceptors (Lipinski definition) is 3. The van der Waals surface area contributed by atoms with E-state index < -0.39 is 47.2 Å². The minimum absolute atomic E-state index is 0.0306. The molecule has 3 rings (SSSR count). The van der Waals surface area contributed by atoms with Crippen LogP contribution in [0, 0.1) is 11.6 Å². The average Bonchev–Trinajstić information content (AvgIpc) is 3.13. The standard InChI is InChI=1S/C23H21F4N3O3/c1-4-12-9-15(10-16(24)18(12)25)20-17(19(21(26)27)29-30(20)3)22(31)28-11(2)13-5-7-14(8-6-13)23(32)33/h5-11,21H,4H2,1-3H3,(H,28,31)(H,32,33). The molecule has 0 saturated heterocycles. The number of carbonyl (C=O) groups excluding carboxylic acids is 1. The highest BCUT2D eigenvalue weighted by Gasteiger charge is 2.30. The molecule has 33 heavy (non-hydrogen) atoms. The zero-order valence-corrected chi connectivity index (χ0v) is 18.0. The first-order valence-electron chi connectivity index (χ1n) is 10.0. The van der Waals surface area contributed by atoms with Crippen molar-refractivity contribution in [3.05, 3.63) is 76.0 Å². The molecule has 10 heteroatoms. The molecule has 174 valence electrons. The Hall–Kier alpha value is -3.69. The Balaban J connectivity index is 2.04. The van der Waals surface area contributed by atoms with Crippen molar-refractivity contribution in [2.75, 3.05) is 0 Å². The van der Waals surface area contributed by atoms with Crippen molar-refractivity contribution in [1.29, 1.82) is 0 Å². The fraction of sp³-hybridized carbons (Fsp3) is 0.261. The van der Waals surface area contributed by atoms with Gasteiger partial charge in [-0.15, -0.1) is 0 Å². The molecule has 0 bridgehead atoms. The van der Waals surface area contributed by atoms with Crippen LogP contribution < -0.4 is 5.32 Å². The number of aryl methyl sites for hydroxylation is 2. The summed E-state index contributed by atoms with van der Waals surface area (Å²) in [5, 5.41) is 15.4. The molecular weight excluding hydrogens is 442 g/mol. The van der Waals surface area contributed by atoms with Crippen LogP contribution in [0.3, 0.4) is 0 Å². The van der Waals surface area contributed by atoms with Crippen LogP contribution >= 0.6 is 0 Å². The van der Waals surface area contributed by atoms with E-state index in [9.17, 15) is 27.2 Å². The molecule has 0 aliphatic rings. The van der Waals surface area contributed by atoms with Crippen molar-refractivity contribution >= 4 is 11.9 Å². The van der Waals surface area contributed by atoms with E-state index in [0.29, 0.717) is 5.56 Å². The van der Waals surface area contributed by atoms with Crippen LogP contribution in [-0.2, 0) is 13.5 Å². The minimum atomic E-state index is -3.09. The number of carboxylic acids is 1. The van der Waals surface area contributed by atoms with E-state index in [1.165, 1.54) is 37.4 Å². The van der Waals surface area contributed by atoms with Crippen LogP contribution in [0.15, 0.2) is 36.4 Å². The second-order valence-electron chi connectivity index (χ2n) is 7.44. The number of nitrogens with one attached hydrogen (secondary N) is 1. The maximum Gasteiger partial charge on any atom is 0.335 e. The van der Waals surface area contributed by atoms with E-state index in [4.69, 9.17) is 5.11 Å². The molecule has 1 atom stereocenters. The molecule has 1 unspecified atom stereocenters. The largest absolute Gasteiger partial charge is 0.478 e. The lowest BCUT2D eigenvalue weighted by atomic mass is 10.00. The molecular formula is C23H21F4N3O3. The summed E-state index contributed by atoms with van der Waals surface area (Å²) in [5.74, 6) is -4.20. The Bertz CT molecular complexity index is 1210. The second-order valence-corrected chi connectivity index (χ2v) is 7.44. The van der Waals surface area contributed by atoms with Crippen LogP contribution in [0.1, 0.15) is 63.9 Å². The van der Waals surface area contributed by atoms with Gasteiger partial charge in [-0.25, -0.2) is 22.4 Å². The third kappa shape index (κ3) is 4.74. The first kappa shape index (κ1) is 24.0. The van der Waals surface area contributed by atoms with Gasteiger partial charge in [0.2, 0.25) is 0 Å². The van der Waals surface area contributed by atoms with Crippen molar-refractivity contribution in [1.82, 2.24) is 15.1 Å². The maximum atomic E-state index is 14.2. The molecule has 6 nitrogen and oxygen atoms in total. The molecule has 0 aliphatic heterocycles. The molecule has 0 saturated carbocycles. The van der Waals surface area contributed by atoms with E-state index >= 15 is 0 Å². The predicted octanol–water partition coefficient (Wildman–Crippen LogP) is 5.05. The van der Waals surface area contributed by atoms with E-state index in [-0.39, 0.29) is 28.8 Å². The van der Waals surface area contributed by atoms with Gasteiger partial charge in [0.1, 0.15) is 5.69 Å². The zero-order chi connectivity index (χ0) is 24.4. The number of halogens is 4. The summed E-state index contributed by atoms with van der Waals surface area (Å²) in [6.45, 7) is 3.21. The van der Waals surface area contributed by atoms with Gasteiger partial charge >= 0.3 is 5.97 Å². The number of aromatic nitrogens is 2. The van der Waals surface area contributed by atoms with Crippen LogP contribution in [0.2, 0.25) is 0 Å². The summed E-state index contributed by atoms with van der Waals surface area (Å²) in [6, 6.07) is 7.17. The highest BCUT2D eigenvalue weighted by Crippen LogP contribution is 2.33. The van der Waals surface area contributed by atoms with E-state index in [1.807, 2.05) is 0 Å². The van der Waals surface area contributed by atoms with Gasteiger partial charge in [0.15, 0.2) is 11.6 Å². The first-order valence-corrected chi connectivity index (χ1v) is 10.0. The monoisotopic (exact) mass is 463 g/mol.